The van der Waals surface area contributed by atoms with Gasteiger partial charge in [-0.1, -0.05) is 18.2 Å². The largest absolute Gasteiger partial charge is 0.319 e. The van der Waals surface area contributed by atoms with E-state index in [0.717, 1.165) is 18.8 Å². The molecule has 15 heavy (non-hydrogen) atoms. The first-order chi connectivity index (χ1) is 7.10. The average molecular weight is 227 g/mol. The molecule has 0 saturated carbocycles. The fourth-order valence-electron chi connectivity index (χ4n) is 1.48. The first kappa shape index (κ1) is 12.4. The molecule has 5 heteroatoms. The normalized spacial score (nSPS) is 11.8. The first-order valence-electron chi connectivity index (χ1n) is 5.15. The van der Waals surface area contributed by atoms with Crippen molar-refractivity contribution in [1.82, 2.24) is 4.67 Å². The number of rotatable bonds is 5. The molecule has 1 rings (SSSR count). The summed E-state index contributed by atoms with van der Waals surface area (Å²) in [5.74, 6) is 0. The molecular weight excluding hydrogens is 207 g/mol. The average Bonchev–Trinajstić information content (AvgIpc) is 2.19. The molecule has 0 spiro atoms. The summed E-state index contributed by atoms with van der Waals surface area (Å²) < 4.78 is 2.07. The number of nitrogens with two attached hydrogens (primary N) is 2. The Hall–Kier alpha value is -0.670. The number of nitrogens with one attached hydrogen (secondary N) is 1. The zero-order valence-corrected chi connectivity index (χ0v) is 10.2. The Balaban J connectivity index is 2.71. The molecule has 0 saturated heterocycles. The van der Waals surface area contributed by atoms with Gasteiger partial charge in [-0.3, -0.25) is 0 Å². The summed E-state index contributed by atoms with van der Waals surface area (Å²) in [5, 5.41) is 3.21. The van der Waals surface area contributed by atoms with Gasteiger partial charge in [0, 0.05) is 13.1 Å². The lowest BCUT2D eigenvalue weighted by atomic mass is 10.3. The van der Waals surface area contributed by atoms with E-state index in [2.05, 4.69) is 23.6 Å². The van der Waals surface area contributed by atoms with Crippen LogP contribution in [0.4, 0.5) is 5.69 Å². The minimum absolute atomic E-state index is 0.858. The van der Waals surface area contributed by atoms with Gasteiger partial charge in [-0.25, -0.2) is 5.09 Å². The van der Waals surface area contributed by atoms with E-state index in [-0.39, 0.29) is 0 Å². The maximum absolute atomic E-state index is 6.12. The van der Waals surface area contributed by atoms with Crippen LogP contribution in [-0.4, -0.2) is 17.8 Å². The predicted octanol–water partition coefficient (Wildman–Crippen LogP) is 2.04. The van der Waals surface area contributed by atoms with E-state index in [0.29, 0.717) is 0 Å². The number of anilines is 1. The third kappa shape index (κ3) is 3.43. The summed E-state index contributed by atoms with van der Waals surface area (Å²) >= 11 is 0. The van der Waals surface area contributed by atoms with Crippen LogP contribution in [0.1, 0.15) is 13.8 Å². The van der Waals surface area contributed by atoms with Gasteiger partial charge in [0.25, 0.3) is 0 Å². The lowest BCUT2D eigenvalue weighted by Gasteiger charge is -2.27. The summed E-state index contributed by atoms with van der Waals surface area (Å²) in [4.78, 5) is 0. The third-order valence-electron chi connectivity index (χ3n) is 2.28. The Morgan fingerprint density at radius 3 is 2.13 bits per heavy atom. The summed E-state index contributed by atoms with van der Waals surface area (Å²) in [6.07, 6.45) is 0. The highest BCUT2D eigenvalue weighted by atomic mass is 31.2. The molecule has 84 valence electrons. The number of para-hydroxylation sites is 1. The van der Waals surface area contributed by atoms with Crippen LogP contribution in [0, 0.1) is 0 Å². The summed E-state index contributed by atoms with van der Waals surface area (Å²) in [7, 11) is -2.19. The molecule has 0 heterocycles. The van der Waals surface area contributed by atoms with Crippen LogP contribution in [0.5, 0.6) is 0 Å². The minimum atomic E-state index is -2.19. The SMILES string of the molecule is CCN(CC)[P+](N)(N)Nc1ccccc1. The van der Waals surface area contributed by atoms with Crippen molar-refractivity contribution < 1.29 is 0 Å². The molecule has 0 aliphatic carbocycles. The monoisotopic (exact) mass is 227 g/mol. The fraction of sp³-hybridized carbons (Fsp3) is 0.400. The van der Waals surface area contributed by atoms with Crippen LogP contribution in [0.2, 0.25) is 0 Å². The van der Waals surface area contributed by atoms with E-state index in [1.54, 1.807) is 0 Å². The molecule has 0 amide bonds. The van der Waals surface area contributed by atoms with Crippen molar-refractivity contribution in [2.75, 3.05) is 18.2 Å². The highest BCUT2D eigenvalue weighted by Gasteiger charge is 2.35. The topological polar surface area (TPSA) is 67.3 Å². The van der Waals surface area contributed by atoms with Crippen molar-refractivity contribution in [1.29, 1.82) is 0 Å². The molecule has 0 aliphatic rings. The van der Waals surface area contributed by atoms with Crippen LogP contribution in [-0.2, 0) is 0 Å². The molecule has 0 aromatic heterocycles. The Kier molecular flexibility index (Phi) is 4.48. The zero-order valence-electron chi connectivity index (χ0n) is 9.35. The Bertz CT molecular complexity index is 285. The second-order valence-corrected chi connectivity index (χ2v) is 5.62. The lowest BCUT2D eigenvalue weighted by Crippen LogP contribution is -2.38. The maximum Gasteiger partial charge on any atom is 0.319 e. The number of nitrogens with zero attached hydrogens (tertiary/aromatic N) is 1. The van der Waals surface area contributed by atoms with Gasteiger partial charge < -0.3 is 0 Å². The van der Waals surface area contributed by atoms with Crippen LogP contribution < -0.4 is 16.1 Å². The van der Waals surface area contributed by atoms with E-state index < -0.39 is 7.87 Å². The fourth-order valence-corrected chi connectivity index (χ4v) is 3.12. The second-order valence-electron chi connectivity index (χ2n) is 3.35. The smallest absolute Gasteiger partial charge is 0.215 e. The highest BCUT2D eigenvalue weighted by molar-refractivity contribution is 7.70. The number of benzene rings is 1. The second kappa shape index (κ2) is 5.42. The summed E-state index contributed by atoms with van der Waals surface area (Å²) in [6, 6.07) is 9.83. The van der Waals surface area contributed by atoms with E-state index in [1.165, 1.54) is 0 Å². The molecule has 0 fully saturated rings. The Morgan fingerprint density at radius 1 is 1.13 bits per heavy atom. The van der Waals surface area contributed by atoms with Crippen molar-refractivity contribution in [3.63, 3.8) is 0 Å². The van der Waals surface area contributed by atoms with Crippen molar-refractivity contribution >= 4 is 13.6 Å². The molecule has 0 radical (unpaired) electrons. The molecule has 1 aromatic rings. The molecule has 0 atom stereocenters. The predicted molar refractivity (Wildman–Crippen MR) is 68.3 cm³/mol. The van der Waals surface area contributed by atoms with Gasteiger partial charge in [-0.15, -0.1) is 4.67 Å². The van der Waals surface area contributed by atoms with Crippen LogP contribution in [0.3, 0.4) is 0 Å². The quantitative estimate of drug-likeness (QED) is 0.673. The number of hydrogen-bond donors (Lipinski definition) is 3. The Labute approximate surface area is 92.2 Å². The molecule has 4 nitrogen and oxygen atoms in total. The molecule has 0 unspecified atom stereocenters. The van der Waals surface area contributed by atoms with E-state index >= 15 is 0 Å². The van der Waals surface area contributed by atoms with Gasteiger partial charge in [0.05, 0.1) is 5.69 Å². The maximum atomic E-state index is 6.12. The number of hydrogen-bond acceptors (Lipinski definition) is 4. The summed E-state index contributed by atoms with van der Waals surface area (Å²) in [6.45, 7) is 5.84. The first-order valence-corrected chi connectivity index (χ1v) is 7.03. The van der Waals surface area contributed by atoms with Gasteiger partial charge in [0.15, 0.2) is 0 Å². The lowest BCUT2D eigenvalue weighted by molar-refractivity contribution is 0.496. The van der Waals surface area contributed by atoms with Gasteiger partial charge in [-0.2, -0.15) is 11.0 Å². The van der Waals surface area contributed by atoms with Crippen LogP contribution in [0.25, 0.3) is 0 Å². The van der Waals surface area contributed by atoms with Crippen molar-refractivity contribution in [2.24, 2.45) is 11.0 Å². The van der Waals surface area contributed by atoms with Crippen LogP contribution in [0.15, 0.2) is 30.3 Å². The standard InChI is InChI=1S/C10H20N4P/c1-3-14(4-2)15(11,12)13-10-8-6-5-7-9-10/h5-9,13H,3-4,11-12H2,1-2H3/q+1. The van der Waals surface area contributed by atoms with Crippen molar-refractivity contribution in [3.8, 4) is 0 Å². The third-order valence-corrected chi connectivity index (χ3v) is 4.40. The van der Waals surface area contributed by atoms with Crippen LogP contribution >= 0.6 is 7.87 Å². The zero-order chi connectivity index (χ0) is 11.3. The van der Waals surface area contributed by atoms with Gasteiger partial charge >= 0.3 is 7.87 Å². The van der Waals surface area contributed by atoms with Gasteiger partial charge in [-0.05, 0) is 26.0 Å². The van der Waals surface area contributed by atoms with Gasteiger partial charge in [0.1, 0.15) is 0 Å². The molecular formula is C10H20N4P+. The molecule has 0 aliphatic heterocycles. The van der Waals surface area contributed by atoms with Crippen molar-refractivity contribution in [2.45, 2.75) is 13.8 Å². The highest BCUT2D eigenvalue weighted by Crippen LogP contribution is 2.45. The Morgan fingerprint density at radius 2 is 1.67 bits per heavy atom. The molecule has 0 bridgehead atoms. The van der Waals surface area contributed by atoms with Crippen molar-refractivity contribution in [3.05, 3.63) is 30.3 Å². The molecule has 1 aromatic carbocycles. The summed E-state index contributed by atoms with van der Waals surface area (Å²) in [5.41, 5.74) is 13.2. The van der Waals surface area contributed by atoms with E-state index in [1.807, 2.05) is 30.3 Å². The van der Waals surface area contributed by atoms with E-state index in [9.17, 15) is 0 Å². The van der Waals surface area contributed by atoms with E-state index in [4.69, 9.17) is 11.0 Å². The molecule has 5 N–H and O–H groups in total. The minimum Gasteiger partial charge on any atom is -0.215 e. The van der Waals surface area contributed by atoms with Gasteiger partial charge in [0.2, 0.25) is 0 Å².